The maximum Gasteiger partial charge on any atom is 0.266 e. The maximum atomic E-state index is 12.5. The Labute approximate surface area is 178 Å². The van der Waals surface area contributed by atoms with Crippen molar-refractivity contribution >= 4 is 50.6 Å². The minimum absolute atomic E-state index is 0.171. The first-order chi connectivity index (χ1) is 13.4. The zero-order chi connectivity index (χ0) is 20.1. The molecule has 0 aliphatic carbocycles. The first-order valence-corrected chi connectivity index (χ1v) is 9.84. The van der Waals surface area contributed by atoms with E-state index in [1.165, 1.54) is 0 Å². The van der Waals surface area contributed by atoms with Gasteiger partial charge in [0.1, 0.15) is 5.75 Å². The number of halogens is 1. The average Bonchev–Trinajstić information content (AvgIpc) is 2.68. The van der Waals surface area contributed by atoms with Crippen LogP contribution in [0.2, 0.25) is 0 Å². The lowest BCUT2D eigenvalue weighted by Gasteiger charge is -2.12. The molecule has 0 unspecified atom stereocenters. The molecule has 0 aliphatic heterocycles. The predicted molar refractivity (Wildman–Crippen MR) is 121 cm³/mol. The van der Waals surface area contributed by atoms with E-state index in [1.54, 1.807) is 24.3 Å². The monoisotopic (exact) mass is 454 g/mol. The molecule has 0 saturated carbocycles. The molecule has 142 valence electrons. The smallest absolute Gasteiger partial charge is 0.266 e. The molecule has 1 amide bonds. The van der Waals surface area contributed by atoms with Crippen LogP contribution in [0.25, 0.3) is 0 Å². The van der Waals surface area contributed by atoms with Crippen LogP contribution in [0.15, 0.2) is 71.2 Å². The number of hydrogen-bond donors (Lipinski definition) is 2. The van der Waals surface area contributed by atoms with E-state index in [0.29, 0.717) is 11.3 Å². The van der Waals surface area contributed by atoms with Gasteiger partial charge in [0, 0.05) is 21.4 Å². The average molecular weight is 455 g/mol. The highest BCUT2D eigenvalue weighted by atomic mass is 79.9. The van der Waals surface area contributed by atoms with Gasteiger partial charge in [-0.1, -0.05) is 28.1 Å². The summed E-state index contributed by atoms with van der Waals surface area (Å²) < 4.78 is 6.60. The number of thiocarbonyl (C=S) groups is 1. The van der Waals surface area contributed by atoms with Gasteiger partial charge in [-0.15, -0.1) is 0 Å². The molecule has 0 bridgehead atoms. The van der Waals surface area contributed by atoms with E-state index in [4.69, 9.17) is 17.0 Å². The summed E-state index contributed by atoms with van der Waals surface area (Å²) in [6.45, 7) is 4.00. The Balaban J connectivity index is 1.61. The molecule has 0 heterocycles. The van der Waals surface area contributed by atoms with E-state index >= 15 is 0 Å². The minimum Gasteiger partial charge on any atom is -0.432 e. The van der Waals surface area contributed by atoms with E-state index < -0.39 is 0 Å². The van der Waals surface area contributed by atoms with Crippen molar-refractivity contribution in [3.63, 3.8) is 0 Å². The Bertz CT molecular complexity index is 1000. The van der Waals surface area contributed by atoms with Crippen LogP contribution in [0.1, 0.15) is 21.5 Å². The number of amides is 1. The zero-order valence-corrected chi connectivity index (χ0v) is 17.9. The molecule has 3 aromatic rings. The summed E-state index contributed by atoms with van der Waals surface area (Å²) in [5, 5.41) is 6.18. The van der Waals surface area contributed by atoms with Crippen molar-refractivity contribution in [2.75, 3.05) is 10.6 Å². The number of carbonyl (C=O) groups is 1. The van der Waals surface area contributed by atoms with Gasteiger partial charge in [-0.05, 0) is 91.8 Å². The maximum absolute atomic E-state index is 12.5. The quantitative estimate of drug-likeness (QED) is 0.468. The Hall–Kier alpha value is -2.70. The lowest BCUT2D eigenvalue weighted by atomic mass is 10.1. The Kier molecular flexibility index (Phi) is 6.44. The van der Waals surface area contributed by atoms with Crippen LogP contribution in [-0.4, -0.2) is 11.1 Å². The van der Waals surface area contributed by atoms with Gasteiger partial charge in [-0.3, -0.25) is 4.79 Å². The molecular formula is C22H19BrN2O2S. The molecule has 6 heteroatoms. The third-order valence-electron chi connectivity index (χ3n) is 4.27. The Morgan fingerprint density at radius 3 is 2.29 bits per heavy atom. The van der Waals surface area contributed by atoms with Crippen LogP contribution in [0.5, 0.6) is 5.75 Å². The van der Waals surface area contributed by atoms with Crippen LogP contribution < -0.4 is 15.4 Å². The molecule has 0 saturated heterocycles. The van der Waals surface area contributed by atoms with Crippen LogP contribution in [0.3, 0.4) is 0 Å². The molecule has 0 aliphatic rings. The molecule has 0 atom stereocenters. The van der Waals surface area contributed by atoms with Crippen molar-refractivity contribution in [3.8, 4) is 5.75 Å². The molecule has 0 radical (unpaired) electrons. The van der Waals surface area contributed by atoms with Crippen molar-refractivity contribution in [1.29, 1.82) is 0 Å². The second-order valence-electron chi connectivity index (χ2n) is 6.25. The number of hydrogen-bond acceptors (Lipinski definition) is 3. The van der Waals surface area contributed by atoms with Gasteiger partial charge in [-0.25, -0.2) is 0 Å². The van der Waals surface area contributed by atoms with Crippen molar-refractivity contribution in [2.45, 2.75) is 13.8 Å². The summed E-state index contributed by atoms with van der Waals surface area (Å²) in [4.78, 5) is 12.5. The second-order valence-corrected chi connectivity index (χ2v) is 7.53. The van der Waals surface area contributed by atoms with Crippen molar-refractivity contribution in [2.24, 2.45) is 0 Å². The van der Waals surface area contributed by atoms with Gasteiger partial charge in [0.15, 0.2) is 0 Å². The summed E-state index contributed by atoms with van der Waals surface area (Å²) >= 11 is 8.61. The molecule has 0 aromatic heterocycles. The summed E-state index contributed by atoms with van der Waals surface area (Å²) in [6, 6.07) is 20.3. The summed E-state index contributed by atoms with van der Waals surface area (Å²) in [7, 11) is 0. The predicted octanol–water partition coefficient (Wildman–Crippen LogP) is 6.09. The largest absolute Gasteiger partial charge is 0.432 e. The molecule has 3 aromatic carbocycles. The molecular weight excluding hydrogens is 436 g/mol. The van der Waals surface area contributed by atoms with Crippen LogP contribution in [-0.2, 0) is 0 Å². The first-order valence-electron chi connectivity index (χ1n) is 8.64. The normalized spacial score (nSPS) is 10.2. The van der Waals surface area contributed by atoms with Crippen molar-refractivity contribution in [3.05, 3.63) is 87.9 Å². The Morgan fingerprint density at radius 1 is 0.929 bits per heavy atom. The number of carbonyl (C=O) groups excluding carboxylic acids is 1. The summed E-state index contributed by atoms with van der Waals surface area (Å²) in [5.41, 5.74) is 4.37. The van der Waals surface area contributed by atoms with Crippen LogP contribution in [0.4, 0.5) is 11.4 Å². The third-order valence-corrected chi connectivity index (χ3v) is 4.98. The highest BCUT2D eigenvalue weighted by Crippen LogP contribution is 2.20. The van der Waals surface area contributed by atoms with Gasteiger partial charge in [-0.2, -0.15) is 0 Å². The van der Waals surface area contributed by atoms with E-state index in [9.17, 15) is 4.79 Å². The summed E-state index contributed by atoms with van der Waals surface area (Å²) in [5.74, 6) is 0.383. The van der Waals surface area contributed by atoms with Gasteiger partial charge in [0.25, 0.3) is 11.1 Å². The minimum atomic E-state index is -0.171. The molecule has 3 rings (SSSR count). The third kappa shape index (κ3) is 5.18. The molecule has 0 spiro atoms. The van der Waals surface area contributed by atoms with Gasteiger partial charge >= 0.3 is 0 Å². The Morgan fingerprint density at radius 2 is 1.61 bits per heavy atom. The topological polar surface area (TPSA) is 50.4 Å². The second kappa shape index (κ2) is 8.99. The van der Waals surface area contributed by atoms with Crippen LogP contribution >= 0.6 is 28.1 Å². The van der Waals surface area contributed by atoms with E-state index in [0.717, 1.165) is 27.0 Å². The fourth-order valence-electron chi connectivity index (χ4n) is 2.54. The fourth-order valence-corrected chi connectivity index (χ4v) is 3.02. The SMILES string of the molecule is Cc1cccc(NC(=O)c2ccc(OC(=S)Nc3ccc(Br)cc3)cc2)c1C. The van der Waals surface area contributed by atoms with Gasteiger partial charge in [0.05, 0.1) is 0 Å². The van der Waals surface area contributed by atoms with Crippen LogP contribution in [0, 0.1) is 13.8 Å². The van der Waals surface area contributed by atoms with Crippen molar-refractivity contribution in [1.82, 2.24) is 0 Å². The standard InChI is InChI=1S/C22H19BrN2O2S/c1-14-4-3-5-20(15(14)2)25-21(26)16-6-12-19(13-7-16)27-22(28)24-18-10-8-17(23)9-11-18/h3-13H,1-2H3,(H,24,28)(H,25,26). The highest BCUT2D eigenvalue weighted by molar-refractivity contribution is 9.10. The van der Waals surface area contributed by atoms with Gasteiger partial charge in [0.2, 0.25) is 0 Å². The number of benzene rings is 3. The summed E-state index contributed by atoms with van der Waals surface area (Å²) in [6.07, 6.45) is 0. The van der Waals surface area contributed by atoms with E-state index in [1.807, 2.05) is 56.3 Å². The van der Waals surface area contributed by atoms with E-state index in [-0.39, 0.29) is 11.1 Å². The number of anilines is 2. The molecule has 2 N–H and O–H groups in total. The van der Waals surface area contributed by atoms with Gasteiger partial charge < -0.3 is 15.4 Å². The van der Waals surface area contributed by atoms with E-state index in [2.05, 4.69) is 26.6 Å². The van der Waals surface area contributed by atoms with Crippen molar-refractivity contribution < 1.29 is 9.53 Å². The fraction of sp³-hybridized carbons (Fsp3) is 0.0909. The lowest BCUT2D eigenvalue weighted by Crippen LogP contribution is -2.16. The first kappa shape index (κ1) is 20.0. The molecule has 4 nitrogen and oxygen atoms in total. The molecule has 28 heavy (non-hydrogen) atoms. The highest BCUT2D eigenvalue weighted by Gasteiger charge is 2.09. The lowest BCUT2D eigenvalue weighted by molar-refractivity contribution is 0.102. The number of aryl methyl sites for hydroxylation is 1. The number of nitrogens with one attached hydrogen (secondary N) is 2. The number of ether oxygens (including phenoxy) is 1. The zero-order valence-electron chi connectivity index (χ0n) is 15.5. The molecule has 0 fully saturated rings. The number of rotatable bonds is 4.